The Morgan fingerprint density at radius 1 is 0.456 bits per heavy atom. The SMILES string of the molecule is CCCCCCCCCCC/C=C\C/C=C\CCCCCCCCCCCCCC(O)CC(=O)NC(CO)C(O)/C=C/CCCCCCCCCCCCCCC. The van der Waals surface area contributed by atoms with Crippen LogP contribution in [0.15, 0.2) is 36.5 Å². The van der Waals surface area contributed by atoms with Gasteiger partial charge in [-0.05, 0) is 51.4 Å². The molecule has 1 amide bonds. The van der Waals surface area contributed by atoms with Gasteiger partial charge in [0.15, 0.2) is 0 Å². The van der Waals surface area contributed by atoms with Crippen LogP contribution in [0.3, 0.4) is 0 Å². The molecule has 3 unspecified atom stereocenters. The first kappa shape index (κ1) is 55.6. The Hall–Kier alpha value is -1.43. The number of aliphatic hydroxyl groups excluding tert-OH is 3. The highest BCUT2D eigenvalue weighted by Gasteiger charge is 2.20. The third kappa shape index (κ3) is 44.0. The topological polar surface area (TPSA) is 89.8 Å². The number of hydrogen-bond donors (Lipinski definition) is 4. The highest BCUT2D eigenvalue weighted by molar-refractivity contribution is 5.76. The van der Waals surface area contributed by atoms with Crippen LogP contribution in [0.2, 0.25) is 0 Å². The molecule has 0 aliphatic rings. The van der Waals surface area contributed by atoms with Crippen molar-refractivity contribution in [3.63, 3.8) is 0 Å². The number of hydrogen-bond acceptors (Lipinski definition) is 4. The molecule has 57 heavy (non-hydrogen) atoms. The summed E-state index contributed by atoms with van der Waals surface area (Å²) in [6.45, 7) is 4.22. The standard InChI is InChI=1S/C52H99NO4/c1-3-5-7-9-11-13-15-17-19-20-21-22-23-24-25-26-27-28-29-30-32-33-35-37-39-41-43-45-49(55)47-52(57)53-50(48-54)51(56)46-44-42-40-38-36-34-31-18-16-14-12-10-8-6-4-2/h21-22,24-25,44,46,49-51,54-56H,3-20,23,26-43,45,47-48H2,1-2H3,(H,53,57)/b22-21-,25-24-,46-44+. The van der Waals surface area contributed by atoms with Crippen LogP contribution in [0.25, 0.3) is 0 Å². The molecule has 0 saturated heterocycles. The molecule has 0 bridgehead atoms. The molecular formula is C52H99NO4. The van der Waals surface area contributed by atoms with Crippen molar-refractivity contribution in [1.82, 2.24) is 5.32 Å². The molecule has 0 fully saturated rings. The highest BCUT2D eigenvalue weighted by Crippen LogP contribution is 2.16. The average molecular weight is 802 g/mol. The third-order valence-corrected chi connectivity index (χ3v) is 11.7. The van der Waals surface area contributed by atoms with Crippen molar-refractivity contribution in [2.24, 2.45) is 0 Å². The van der Waals surface area contributed by atoms with Gasteiger partial charge in [0.2, 0.25) is 5.91 Å². The van der Waals surface area contributed by atoms with E-state index in [4.69, 9.17) is 0 Å². The predicted molar refractivity (Wildman–Crippen MR) is 250 cm³/mol. The smallest absolute Gasteiger partial charge is 0.222 e. The van der Waals surface area contributed by atoms with Gasteiger partial charge in [0.1, 0.15) is 0 Å². The Morgan fingerprint density at radius 2 is 0.789 bits per heavy atom. The van der Waals surface area contributed by atoms with Gasteiger partial charge in [-0.2, -0.15) is 0 Å². The van der Waals surface area contributed by atoms with Gasteiger partial charge in [-0.15, -0.1) is 0 Å². The second-order valence-corrected chi connectivity index (χ2v) is 17.4. The fourth-order valence-corrected chi connectivity index (χ4v) is 7.78. The van der Waals surface area contributed by atoms with Gasteiger partial charge in [-0.25, -0.2) is 0 Å². The Bertz CT molecular complexity index is 885. The zero-order valence-electron chi connectivity index (χ0n) is 38.2. The van der Waals surface area contributed by atoms with Crippen molar-refractivity contribution in [2.45, 2.75) is 283 Å². The number of nitrogens with one attached hydrogen (secondary N) is 1. The number of unbranched alkanes of at least 4 members (excludes halogenated alkanes) is 33. The number of amides is 1. The summed E-state index contributed by atoms with van der Waals surface area (Å²) in [5.74, 6) is -0.315. The summed E-state index contributed by atoms with van der Waals surface area (Å²) < 4.78 is 0. The van der Waals surface area contributed by atoms with E-state index in [9.17, 15) is 20.1 Å². The first-order valence-corrected chi connectivity index (χ1v) is 25.3. The van der Waals surface area contributed by atoms with Crippen LogP contribution in [-0.2, 0) is 4.79 Å². The van der Waals surface area contributed by atoms with Crippen LogP contribution >= 0.6 is 0 Å². The number of carbonyl (C=O) groups is 1. The van der Waals surface area contributed by atoms with E-state index in [2.05, 4.69) is 43.5 Å². The summed E-state index contributed by atoms with van der Waals surface area (Å²) in [6.07, 6.45) is 60.2. The molecule has 0 radical (unpaired) electrons. The van der Waals surface area contributed by atoms with Gasteiger partial charge < -0.3 is 20.6 Å². The summed E-state index contributed by atoms with van der Waals surface area (Å²) in [4.78, 5) is 12.5. The Balaban J connectivity index is 3.59. The Kier molecular flexibility index (Phi) is 46.1. The lowest BCUT2D eigenvalue weighted by atomic mass is 10.0. The maximum absolute atomic E-state index is 12.5. The zero-order valence-corrected chi connectivity index (χ0v) is 38.2. The van der Waals surface area contributed by atoms with E-state index in [0.717, 1.165) is 32.1 Å². The Morgan fingerprint density at radius 3 is 1.16 bits per heavy atom. The minimum atomic E-state index is -0.929. The fourth-order valence-electron chi connectivity index (χ4n) is 7.78. The zero-order chi connectivity index (χ0) is 41.5. The highest BCUT2D eigenvalue weighted by atomic mass is 16.3. The molecule has 5 heteroatoms. The Labute approximate surface area is 355 Å². The van der Waals surface area contributed by atoms with Crippen molar-refractivity contribution >= 4 is 5.91 Å². The molecule has 0 aromatic rings. The van der Waals surface area contributed by atoms with E-state index in [1.807, 2.05) is 6.08 Å². The second-order valence-electron chi connectivity index (χ2n) is 17.4. The first-order chi connectivity index (χ1) is 28.0. The van der Waals surface area contributed by atoms with Gasteiger partial charge in [-0.1, -0.05) is 243 Å². The van der Waals surface area contributed by atoms with Gasteiger partial charge in [0.25, 0.3) is 0 Å². The fraction of sp³-hybridized carbons (Fsp3) is 0.865. The van der Waals surface area contributed by atoms with E-state index >= 15 is 0 Å². The summed E-state index contributed by atoms with van der Waals surface area (Å²) in [5, 5.41) is 33.3. The van der Waals surface area contributed by atoms with E-state index in [1.54, 1.807) is 6.08 Å². The summed E-state index contributed by atoms with van der Waals surface area (Å²) in [7, 11) is 0. The van der Waals surface area contributed by atoms with E-state index in [1.165, 1.54) is 205 Å². The summed E-state index contributed by atoms with van der Waals surface area (Å²) in [6, 6.07) is -0.744. The molecule has 0 heterocycles. The predicted octanol–water partition coefficient (Wildman–Crippen LogP) is 15.1. The quantitative estimate of drug-likeness (QED) is 0.0365. The van der Waals surface area contributed by atoms with E-state index < -0.39 is 18.2 Å². The number of aliphatic hydroxyl groups is 3. The maximum atomic E-state index is 12.5. The lowest BCUT2D eigenvalue weighted by molar-refractivity contribution is -0.124. The molecule has 0 aromatic heterocycles. The lowest BCUT2D eigenvalue weighted by Gasteiger charge is -2.21. The van der Waals surface area contributed by atoms with Gasteiger partial charge in [0.05, 0.1) is 31.3 Å². The monoisotopic (exact) mass is 802 g/mol. The minimum Gasteiger partial charge on any atom is -0.394 e. The van der Waals surface area contributed by atoms with Crippen LogP contribution in [0.4, 0.5) is 0 Å². The van der Waals surface area contributed by atoms with Crippen LogP contribution in [0.1, 0.15) is 264 Å². The van der Waals surface area contributed by atoms with Crippen LogP contribution < -0.4 is 5.32 Å². The molecule has 0 aliphatic carbocycles. The normalized spacial score (nSPS) is 13.7. The maximum Gasteiger partial charge on any atom is 0.222 e. The molecule has 0 rings (SSSR count). The van der Waals surface area contributed by atoms with E-state index in [-0.39, 0.29) is 18.9 Å². The first-order valence-electron chi connectivity index (χ1n) is 25.3. The average Bonchev–Trinajstić information content (AvgIpc) is 3.20. The van der Waals surface area contributed by atoms with E-state index in [0.29, 0.717) is 6.42 Å². The number of allylic oxidation sites excluding steroid dienone is 5. The van der Waals surface area contributed by atoms with Crippen molar-refractivity contribution < 1.29 is 20.1 Å². The van der Waals surface area contributed by atoms with Gasteiger partial charge in [0, 0.05) is 0 Å². The van der Waals surface area contributed by atoms with Crippen LogP contribution in [0.5, 0.6) is 0 Å². The summed E-state index contributed by atoms with van der Waals surface area (Å²) in [5.41, 5.74) is 0. The van der Waals surface area contributed by atoms with Crippen LogP contribution in [0, 0.1) is 0 Å². The molecule has 0 aliphatic heterocycles. The molecular weight excluding hydrogens is 703 g/mol. The molecule has 0 aromatic carbocycles. The molecule has 336 valence electrons. The van der Waals surface area contributed by atoms with Crippen molar-refractivity contribution in [3.8, 4) is 0 Å². The minimum absolute atomic E-state index is 0.0129. The second kappa shape index (κ2) is 47.3. The van der Waals surface area contributed by atoms with Crippen LogP contribution in [-0.4, -0.2) is 46.1 Å². The summed E-state index contributed by atoms with van der Waals surface area (Å²) >= 11 is 0. The van der Waals surface area contributed by atoms with Gasteiger partial charge >= 0.3 is 0 Å². The molecule has 3 atom stereocenters. The number of carbonyl (C=O) groups excluding carboxylic acids is 1. The lowest BCUT2D eigenvalue weighted by Crippen LogP contribution is -2.45. The van der Waals surface area contributed by atoms with Crippen molar-refractivity contribution in [1.29, 1.82) is 0 Å². The molecule has 0 saturated carbocycles. The largest absolute Gasteiger partial charge is 0.394 e. The van der Waals surface area contributed by atoms with Crippen molar-refractivity contribution in [3.05, 3.63) is 36.5 Å². The molecule has 4 N–H and O–H groups in total. The van der Waals surface area contributed by atoms with Crippen molar-refractivity contribution in [2.75, 3.05) is 6.61 Å². The number of rotatable bonds is 46. The third-order valence-electron chi connectivity index (χ3n) is 11.7. The molecule has 0 spiro atoms. The van der Waals surface area contributed by atoms with Gasteiger partial charge in [-0.3, -0.25) is 4.79 Å². The molecule has 5 nitrogen and oxygen atoms in total.